The summed E-state index contributed by atoms with van der Waals surface area (Å²) in [5.41, 5.74) is 0. The van der Waals surface area contributed by atoms with Crippen LogP contribution in [-0.2, 0) is 18.4 Å². The second-order valence-electron chi connectivity index (χ2n) is 19.2. The molecule has 2 N–H and O–H groups in total. The van der Waals surface area contributed by atoms with Crippen LogP contribution in [0.4, 0.5) is 0 Å². The van der Waals surface area contributed by atoms with Crippen molar-refractivity contribution in [2.45, 2.75) is 231 Å². The van der Waals surface area contributed by atoms with Crippen molar-refractivity contribution in [3.8, 4) is 0 Å². The molecular weight excluding hydrogens is 840 g/mol. The van der Waals surface area contributed by atoms with E-state index in [1.54, 1.807) is 6.08 Å². The number of nitrogens with one attached hydrogen (secondary N) is 1. The Morgan fingerprint density at radius 1 is 0.545 bits per heavy atom. The fourth-order valence-electron chi connectivity index (χ4n) is 7.39. The van der Waals surface area contributed by atoms with Crippen LogP contribution in [0, 0.1) is 0 Å². The molecule has 3 atom stereocenters. The third kappa shape index (κ3) is 49.6. The van der Waals surface area contributed by atoms with Gasteiger partial charge in [-0.25, -0.2) is 0 Å². The summed E-state index contributed by atoms with van der Waals surface area (Å²) < 4.78 is 23.3. The predicted molar refractivity (Wildman–Crippen MR) is 283 cm³/mol. The lowest BCUT2D eigenvalue weighted by atomic mass is 10.0. The molecule has 0 aliphatic rings. The van der Waals surface area contributed by atoms with Gasteiger partial charge in [0.15, 0.2) is 0 Å². The Morgan fingerprint density at radius 3 is 1.35 bits per heavy atom. The van der Waals surface area contributed by atoms with Gasteiger partial charge in [0.1, 0.15) is 13.2 Å². The summed E-state index contributed by atoms with van der Waals surface area (Å²) in [5, 5.41) is 13.8. The minimum absolute atomic E-state index is 0.0139. The highest BCUT2D eigenvalue weighted by Crippen LogP contribution is 2.38. The van der Waals surface area contributed by atoms with Gasteiger partial charge in [-0.3, -0.25) is 9.36 Å². The summed E-state index contributed by atoms with van der Waals surface area (Å²) in [5.74, 6) is -0.241. The number of nitrogens with zero attached hydrogens (tertiary/aromatic N) is 1. The quantitative estimate of drug-likeness (QED) is 0.0272. The third-order valence-electron chi connectivity index (χ3n) is 11.6. The molecule has 0 aliphatic carbocycles. The molecule has 0 fully saturated rings. The monoisotopic (exact) mass is 943 g/mol. The number of hydrogen-bond donors (Lipinski definition) is 2. The van der Waals surface area contributed by atoms with Crippen LogP contribution in [0.1, 0.15) is 219 Å². The SMILES string of the molecule is CC/C=C\C/C=C\C/C=C\C/C=C\C/C=C\C/C=C\CCCCC(=O)NC(COP(=O)([O-])OCC[N+](C)(C)C)C(O)/C=C/CCCCCCCCCCCCCCCCCCCCCCC. The lowest BCUT2D eigenvalue weighted by Gasteiger charge is -2.29. The highest BCUT2D eigenvalue weighted by Gasteiger charge is 2.23. The summed E-state index contributed by atoms with van der Waals surface area (Å²) in [6, 6.07) is -0.916. The second-order valence-corrected chi connectivity index (χ2v) is 20.6. The Kier molecular flexibility index (Phi) is 46.1. The third-order valence-corrected chi connectivity index (χ3v) is 12.6. The minimum atomic E-state index is -4.61. The molecule has 9 heteroatoms. The number of rotatable bonds is 48. The van der Waals surface area contributed by atoms with E-state index in [1.807, 2.05) is 27.2 Å². The molecular formula is C57H103N2O6P. The molecule has 0 bridgehead atoms. The second kappa shape index (κ2) is 47.7. The van der Waals surface area contributed by atoms with Gasteiger partial charge >= 0.3 is 0 Å². The van der Waals surface area contributed by atoms with Crippen molar-refractivity contribution in [3.05, 3.63) is 85.1 Å². The van der Waals surface area contributed by atoms with Crippen molar-refractivity contribution in [1.82, 2.24) is 5.32 Å². The first-order valence-electron chi connectivity index (χ1n) is 26.9. The highest BCUT2D eigenvalue weighted by molar-refractivity contribution is 7.45. The van der Waals surface area contributed by atoms with E-state index in [2.05, 4.69) is 92.1 Å². The van der Waals surface area contributed by atoms with Crippen molar-refractivity contribution in [1.29, 1.82) is 0 Å². The van der Waals surface area contributed by atoms with Gasteiger partial charge in [-0.1, -0.05) is 227 Å². The van der Waals surface area contributed by atoms with Crippen LogP contribution < -0.4 is 10.2 Å². The molecule has 0 aliphatic heterocycles. The van der Waals surface area contributed by atoms with E-state index in [-0.39, 0.29) is 18.9 Å². The van der Waals surface area contributed by atoms with Crippen molar-refractivity contribution >= 4 is 13.7 Å². The number of quaternary nitrogens is 1. The van der Waals surface area contributed by atoms with E-state index in [9.17, 15) is 19.4 Å². The molecule has 1 amide bonds. The van der Waals surface area contributed by atoms with Gasteiger partial charge < -0.3 is 28.8 Å². The zero-order valence-corrected chi connectivity index (χ0v) is 44.3. The van der Waals surface area contributed by atoms with Gasteiger partial charge in [-0.05, 0) is 70.6 Å². The zero-order chi connectivity index (χ0) is 48.5. The molecule has 0 aromatic rings. The normalized spacial score (nSPS) is 14.7. The van der Waals surface area contributed by atoms with Gasteiger partial charge in [-0.15, -0.1) is 0 Å². The van der Waals surface area contributed by atoms with Crippen LogP contribution in [-0.4, -0.2) is 68.5 Å². The summed E-state index contributed by atoms with van der Waals surface area (Å²) in [7, 11) is 1.22. The maximum Gasteiger partial charge on any atom is 0.268 e. The van der Waals surface area contributed by atoms with E-state index >= 15 is 0 Å². The van der Waals surface area contributed by atoms with Crippen LogP contribution in [0.5, 0.6) is 0 Å². The van der Waals surface area contributed by atoms with Gasteiger partial charge in [0.2, 0.25) is 5.91 Å². The number of carbonyl (C=O) groups is 1. The maximum atomic E-state index is 12.9. The average Bonchev–Trinajstić information content (AvgIpc) is 3.28. The summed E-state index contributed by atoms with van der Waals surface area (Å²) >= 11 is 0. The van der Waals surface area contributed by atoms with Crippen molar-refractivity contribution < 1.29 is 32.9 Å². The number of hydrogen-bond acceptors (Lipinski definition) is 6. The minimum Gasteiger partial charge on any atom is -0.756 e. The summed E-state index contributed by atoms with van der Waals surface area (Å²) in [6.07, 6.45) is 66.5. The fraction of sp³-hybridized carbons (Fsp3) is 0.737. The number of allylic oxidation sites excluding steroid dienone is 13. The first-order chi connectivity index (χ1) is 32.0. The average molecular weight is 943 g/mol. The Bertz CT molecular complexity index is 1350. The van der Waals surface area contributed by atoms with E-state index in [1.165, 1.54) is 122 Å². The zero-order valence-electron chi connectivity index (χ0n) is 43.4. The van der Waals surface area contributed by atoms with Crippen LogP contribution >= 0.6 is 7.82 Å². The van der Waals surface area contributed by atoms with Crippen LogP contribution in [0.15, 0.2) is 85.1 Å². The van der Waals surface area contributed by atoms with Crippen molar-refractivity contribution in [2.75, 3.05) is 40.9 Å². The molecule has 0 saturated heterocycles. The van der Waals surface area contributed by atoms with Crippen LogP contribution in [0.3, 0.4) is 0 Å². The molecule has 66 heavy (non-hydrogen) atoms. The number of aliphatic hydroxyl groups excluding tert-OH is 1. The Labute approximate surface area is 407 Å². The molecule has 8 nitrogen and oxygen atoms in total. The number of likely N-dealkylation sites (N-methyl/N-ethyl adjacent to an activating group) is 1. The van der Waals surface area contributed by atoms with E-state index in [4.69, 9.17) is 9.05 Å². The van der Waals surface area contributed by atoms with Crippen LogP contribution in [0.2, 0.25) is 0 Å². The predicted octanol–water partition coefficient (Wildman–Crippen LogP) is 15.5. The largest absolute Gasteiger partial charge is 0.756 e. The number of carbonyl (C=O) groups excluding carboxylic acids is 1. The Hall–Kier alpha value is -2.32. The molecule has 0 aromatic carbocycles. The molecule has 0 saturated carbocycles. The molecule has 0 aromatic heterocycles. The smallest absolute Gasteiger partial charge is 0.268 e. The van der Waals surface area contributed by atoms with Gasteiger partial charge in [-0.2, -0.15) is 0 Å². The molecule has 0 rings (SSSR count). The number of phosphoric ester groups is 1. The summed E-state index contributed by atoms with van der Waals surface area (Å²) in [4.78, 5) is 25.4. The van der Waals surface area contributed by atoms with Gasteiger partial charge in [0.05, 0.1) is 39.9 Å². The maximum absolute atomic E-state index is 12.9. The fourth-order valence-corrected chi connectivity index (χ4v) is 8.11. The van der Waals surface area contributed by atoms with Gasteiger partial charge in [0, 0.05) is 6.42 Å². The number of unbranched alkanes of at least 4 members (excludes halogenated alkanes) is 23. The molecule has 0 heterocycles. The number of aliphatic hydroxyl groups is 1. The van der Waals surface area contributed by atoms with E-state index in [0.29, 0.717) is 17.4 Å². The first-order valence-corrected chi connectivity index (χ1v) is 28.4. The molecule has 3 unspecified atom stereocenters. The highest BCUT2D eigenvalue weighted by atomic mass is 31.2. The number of phosphoric acid groups is 1. The topological polar surface area (TPSA) is 108 Å². The summed E-state index contributed by atoms with van der Waals surface area (Å²) in [6.45, 7) is 4.50. The standard InChI is InChI=1S/C57H103N2O6P/c1-6-8-10-12-14-16-18-20-22-24-26-28-29-31-32-34-36-38-40-42-44-46-48-50-56(60)55(54-65-66(62,63)64-53-52-59(3,4)5)58-57(61)51-49-47-45-43-41-39-37-35-33-30-27-25-23-21-19-17-15-13-11-9-7-2/h9,11,15,17,21,23,27,30,35,37,41,43,48,50,55-56,60H,6-8,10,12-14,16,18-20,22,24-26,28-29,31-34,36,38-40,42,44-47,49,51-54H2,1-5H3,(H-,58,61,62,63)/b11-9-,17-15-,23-21-,30-27-,37-35-,43-41-,50-48+. The van der Waals surface area contributed by atoms with Crippen LogP contribution in [0.25, 0.3) is 0 Å². The molecule has 0 spiro atoms. The first kappa shape index (κ1) is 63.7. The number of amides is 1. The Morgan fingerprint density at radius 2 is 0.924 bits per heavy atom. The Balaban J connectivity index is 4.38. The molecule has 382 valence electrons. The lowest BCUT2D eigenvalue weighted by molar-refractivity contribution is -0.870. The van der Waals surface area contributed by atoms with E-state index < -0.39 is 26.6 Å². The molecule has 0 radical (unpaired) electrons. The van der Waals surface area contributed by atoms with E-state index in [0.717, 1.165) is 70.6 Å². The lowest BCUT2D eigenvalue weighted by Crippen LogP contribution is -2.45. The van der Waals surface area contributed by atoms with Crippen molar-refractivity contribution in [3.63, 3.8) is 0 Å². The van der Waals surface area contributed by atoms with Gasteiger partial charge in [0.25, 0.3) is 7.82 Å². The van der Waals surface area contributed by atoms with Crippen molar-refractivity contribution in [2.24, 2.45) is 0 Å².